The number of ether oxygens (including phenoxy) is 1. The summed E-state index contributed by atoms with van der Waals surface area (Å²) in [5.41, 5.74) is -0.190. The Balaban J connectivity index is 0. The van der Waals surface area contributed by atoms with Crippen LogP contribution in [-0.4, -0.2) is 22.3 Å². The van der Waals surface area contributed by atoms with E-state index in [9.17, 15) is 9.59 Å². The molecule has 0 saturated carbocycles. The Kier molecular flexibility index (Phi) is 10.1. The van der Waals surface area contributed by atoms with Gasteiger partial charge < -0.3 is 14.8 Å². The van der Waals surface area contributed by atoms with Crippen LogP contribution in [0, 0.1) is 0 Å². The van der Waals surface area contributed by atoms with Crippen LogP contribution in [0.4, 0.5) is 4.79 Å². The predicted octanol–water partition coefficient (Wildman–Crippen LogP) is 4.46. The topological polar surface area (TPSA) is 57.5 Å². The molecule has 0 aliphatic heterocycles. The van der Waals surface area contributed by atoms with Gasteiger partial charge in [-0.3, -0.25) is 0 Å². The molecule has 7 heteroatoms. The van der Waals surface area contributed by atoms with Gasteiger partial charge in [0.05, 0.1) is 5.60 Å². The fraction of sp³-hybridized carbons (Fsp3) is 0.692. The Morgan fingerprint density at radius 1 is 1.10 bits per heavy atom. The summed E-state index contributed by atoms with van der Waals surface area (Å²) in [6, 6.07) is 0. The maximum atomic E-state index is 12.0. The van der Waals surface area contributed by atoms with E-state index >= 15 is 0 Å². The van der Waals surface area contributed by atoms with Crippen LogP contribution in [0.25, 0.3) is 5.32 Å². The molecular weight excluding hydrogens is 370 g/mol. The van der Waals surface area contributed by atoms with Gasteiger partial charge in [-0.1, -0.05) is 44.8 Å². The van der Waals surface area contributed by atoms with Gasteiger partial charge >= 0.3 is 38.7 Å². The molecule has 1 amide bonds. The number of amides is 1. The first kappa shape index (κ1) is 22.8. The van der Waals surface area contributed by atoms with Gasteiger partial charge in [-0.2, -0.15) is 0 Å². The minimum absolute atomic E-state index is 0. The summed E-state index contributed by atoms with van der Waals surface area (Å²) in [5, 5.41) is 3.76. The number of hydrogen-bond donors (Lipinski definition) is 0. The summed E-state index contributed by atoms with van der Waals surface area (Å²) in [6.45, 7) is 12.5. The van der Waals surface area contributed by atoms with E-state index in [1.807, 2.05) is 13.8 Å². The number of hydrogen-bond acceptors (Lipinski definition) is 4. The van der Waals surface area contributed by atoms with Crippen molar-refractivity contribution in [1.82, 2.24) is 0 Å². The number of allylic oxidation sites excluding steroid dienone is 1. The summed E-state index contributed by atoms with van der Waals surface area (Å²) in [4.78, 5) is 23.4. The Morgan fingerprint density at radius 2 is 1.55 bits per heavy atom. The second-order valence-electron chi connectivity index (χ2n) is 5.58. The molecule has 4 nitrogen and oxygen atoms in total. The first-order valence-electron chi connectivity index (χ1n) is 5.95. The summed E-state index contributed by atoms with van der Waals surface area (Å²) in [6.07, 6.45) is 0. The molecule has 1 atom stereocenters. The van der Waals surface area contributed by atoms with Gasteiger partial charge in [0.1, 0.15) is 5.24 Å². The smallest absolute Gasteiger partial charge is 0.636 e. The van der Waals surface area contributed by atoms with Crippen molar-refractivity contribution in [3.8, 4) is 0 Å². The summed E-state index contributed by atoms with van der Waals surface area (Å²) < 4.78 is 5.51. The minimum atomic E-state index is -0.878. The van der Waals surface area contributed by atoms with Gasteiger partial charge in [-0.25, -0.2) is 4.79 Å². The first-order valence-corrected chi connectivity index (χ1v) is 8.25. The van der Waals surface area contributed by atoms with Crippen molar-refractivity contribution < 1.29 is 47.0 Å². The molecule has 110 valence electrons. The minimum Gasteiger partial charge on any atom is -0.636 e. The molecule has 0 heterocycles. The van der Waals surface area contributed by atoms with Gasteiger partial charge in [0.2, 0.25) is 0 Å². The second-order valence-corrected chi connectivity index (χ2v) is 6.87. The van der Waals surface area contributed by atoms with Crippen LogP contribution in [0.2, 0.25) is 0 Å². The SMILES string of the molecule is CC(C)=C(C)C(=O)OC(C)(C)C(C)(C)[N-]C(=O)SP.[Y+3]. The van der Waals surface area contributed by atoms with Gasteiger partial charge in [0, 0.05) is 5.57 Å². The molecule has 0 fully saturated rings. The quantitative estimate of drug-likeness (QED) is 0.402. The Morgan fingerprint density at radius 3 is 1.90 bits per heavy atom. The molecule has 0 aromatic rings. The number of rotatable bonds is 4. The third kappa shape index (κ3) is 6.55. The van der Waals surface area contributed by atoms with Crippen molar-refractivity contribution in [3.05, 3.63) is 16.5 Å². The molecule has 1 unspecified atom stereocenters. The van der Waals surface area contributed by atoms with Crippen LogP contribution in [0.3, 0.4) is 0 Å². The molecule has 0 rings (SSSR count). The molecule has 0 aromatic heterocycles. The van der Waals surface area contributed by atoms with Crippen molar-refractivity contribution >= 4 is 31.0 Å². The number of esters is 1. The molecule has 0 N–H and O–H groups in total. The van der Waals surface area contributed by atoms with Crippen LogP contribution in [0.5, 0.6) is 0 Å². The second kappa shape index (κ2) is 8.87. The maximum absolute atomic E-state index is 12.0. The zero-order valence-electron chi connectivity index (χ0n) is 13.2. The van der Waals surface area contributed by atoms with Crippen LogP contribution in [0.1, 0.15) is 48.5 Å². The summed E-state index contributed by atoms with van der Waals surface area (Å²) >= 11 is 0.959. The van der Waals surface area contributed by atoms with E-state index in [4.69, 9.17) is 4.74 Å². The third-order valence-electron chi connectivity index (χ3n) is 3.35. The molecule has 0 saturated heterocycles. The third-order valence-corrected chi connectivity index (χ3v) is 4.25. The molecule has 0 spiro atoms. The van der Waals surface area contributed by atoms with Crippen molar-refractivity contribution in [3.63, 3.8) is 0 Å². The standard InChI is InChI=1S/C13H24NO3PS.Y/c1-8(2)9(3)10(15)17-13(6,7)12(4,5)14-11(16)19-18;/h18H2,1-7H3,(H,14,16);/q;+3/p-1. The Bertz CT molecular complexity index is 404. The van der Waals surface area contributed by atoms with Crippen LogP contribution >= 0.6 is 19.8 Å². The fourth-order valence-electron chi connectivity index (χ4n) is 1.03. The molecule has 0 radical (unpaired) electrons. The number of carbonyl (C=O) groups excluding carboxylic acids is 2. The van der Waals surface area contributed by atoms with Gasteiger partial charge in [0.15, 0.2) is 0 Å². The average molecular weight is 393 g/mol. The largest absolute Gasteiger partial charge is 3.00 e. The fourth-order valence-corrected chi connectivity index (χ4v) is 1.47. The Hall–Kier alpha value is 0.564. The normalized spacial score (nSPS) is 11.2. The summed E-state index contributed by atoms with van der Waals surface area (Å²) in [5.74, 6) is -0.376. The van der Waals surface area contributed by atoms with Crippen LogP contribution in [0.15, 0.2) is 11.1 Å². The van der Waals surface area contributed by atoms with E-state index in [2.05, 4.69) is 13.8 Å². The van der Waals surface area contributed by atoms with Crippen molar-refractivity contribution in [1.29, 1.82) is 0 Å². The molecule has 0 aromatic carbocycles. The molecule has 20 heavy (non-hydrogen) atoms. The molecular formula is C13H23NO3PSY+2. The summed E-state index contributed by atoms with van der Waals surface area (Å²) in [7, 11) is 2.26. The van der Waals surface area contributed by atoms with E-state index in [-0.39, 0.29) is 43.9 Å². The van der Waals surface area contributed by atoms with Crippen molar-refractivity contribution in [2.75, 3.05) is 0 Å². The number of carbonyl (C=O) groups is 2. The molecule has 0 aliphatic carbocycles. The van der Waals surface area contributed by atoms with E-state index < -0.39 is 11.1 Å². The van der Waals surface area contributed by atoms with Crippen molar-refractivity contribution in [2.24, 2.45) is 0 Å². The monoisotopic (exact) mass is 393 g/mol. The average Bonchev–Trinajstić information content (AvgIpc) is 2.26. The zero-order chi connectivity index (χ0) is 15.4. The maximum Gasteiger partial charge on any atom is 3.00 e. The van der Waals surface area contributed by atoms with Crippen molar-refractivity contribution in [2.45, 2.75) is 59.6 Å². The van der Waals surface area contributed by atoms with E-state index in [0.29, 0.717) is 5.57 Å². The molecule has 0 bridgehead atoms. The Labute approximate surface area is 153 Å². The van der Waals surface area contributed by atoms with Gasteiger partial charge in [-0.15, -0.1) is 0 Å². The van der Waals surface area contributed by atoms with E-state index in [1.54, 1.807) is 34.6 Å². The van der Waals surface area contributed by atoms with Gasteiger partial charge in [0.25, 0.3) is 0 Å². The van der Waals surface area contributed by atoms with E-state index in [0.717, 1.165) is 17.0 Å². The predicted molar refractivity (Wildman–Crippen MR) is 84.4 cm³/mol. The van der Waals surface area contributed by atoms with Gasteiger partial charge in [-0.05, 0) is 34.6 Å². The molecule has 0 aliphatic rings. The van der Waals surface area contributed by atoms with E-state index in [1.165, 1.54) is 0 Å². The van der Waals surface area contributed by atoms with Crippen LogP contribution < -0.4 is 0 Å². The first-order chi connectivity index (χ1) is 8.44. The zero-order valence-corrected chi connectivity index (χ0v) is 18.0. The van der Waals surface area contributed by atoms with Crippen LogP contribution in [-0.2, 0) is 42.2 Å². The number of nitrogens with zero attached hydrogens (tertiary/aromatic N) is 1.